The van der Waals surface area contributed by atoms with Crippen LogP contribution in [0.4, 0.5) is 17.1 Å². The van der Waals surface area contributed by atoms with Crippen molar-refractivity contribution in [1.82, 2.24) is 4.57 Å². The summed E-state index contributed by atoms with van der Waals surface area (Å²) < 4.78 is 3.27. The lowest BCUT2D eigenvalue weighted by atomic mass is 10.1. The Morgan fingerprint density at radius 2 is 1.25 bits per heavy atom. The molecule has 0 saturated heterocycles. The number of hydrogen-bond acceptors (Lipinski definition) is 4. The third kappa shape index (κ3) is 4.11. The molecule has 1 aromatic heterocycles. The topological polar surface area (TPSA) is 32.9 Å². The van der Waals surface area contributed by atoms with Gasteiger partial charge in [0.25, 0.3) is 0 Å². The van der Waals surface area contributed by atoms with E-state index in [4.69, 9.17) is 0 Å². The van der Waals surface area contributed by atoms with Crippen molar-refractivity contribution < 1.29 is 0 Å². The molecule has 0 spiro atoms. The van der Waals surface area contributed by atoms with Crippen molar-refractivity contribution in [2.24, 2.45) is 17.3 Å². The summed E-state index contributed by atoms with van der Waals surface area (Å²) in [6.45, 7) is 0. The fourth-order valence-electron chi connectivity index (χ4n) is 3.63. The first kappa shape index (κ1) is 20.0. The predicted octanol–water partition coefficient (Wildman–Crippen LogP) is 6.64. The number of fused-ring (bicyclic) bond motifs is 1. The Bertz CT molecular complexity index is 1380. The second-order valence-electron chi connectivity index (χ2n) is 7.35. The molecule has 5 heteroatoms. The van der Waals surface area contributed by atoms with Gasteiger partial charge in [0.1, 0.15) is 0 Å². The monoisotopic (exact) mass is 434 g/mol. The first-order chi connectivity index (χ1) is 15.8. The van der Waals surface area contributed by atoms with Crippen molar-refractivity contribution in [3.63, 3.8) is 0 Å². The van der Waals surface area contributed by atoms with Gasteiger partial charge >= 0.3 is 0 Å². The summed E-state index contributed by atoms with van der Waals surface area (Å²) in [6, 6.07) is 37.4. The van der Waals surface area contributed by atoms with Crippen LogP contribution < -0.4 is 9.70 Å². The molecule has 0 amide bonds. The molecule has 0 fully saturated rings. The second-order valence-corrected chi connectivity index (χ2v) is 8.36. The smallest absolute Gasteiger partial charge is 0.211 e. The maximum atomic E-state index is 4.43. The minimum absolute atomic E-state index is 0.874. The SMILES string of the molecule is Cn1/c(=N/N=C/c2ccc(N(c3ccccc3)c3ccccc3)cc2)sc2ccccc21. The van der Waals surface area contributed by atoms with Gasteiger partial charge in [0, 0.05) is 24.1 Å². The highest BCUT2D eigenvalue weighted by molar-refractivity contribution is 7.16. The maximum Gasteiger partial charge on any atom is 0.211 e. The summed E-state index contributed by atoms with van der Waals surface area (Å²) in [5.74, 6) is 0. The normalized spacial score (nSPS) is 12.0. The summed E-state index contributed by atoms with van der Waals surface area (Å²) in [5, 5.41) is 8.77. The Kier molecular flexibility index (Phi) is 5.64. The van der Waals surface area contributed by atoms with Crippen LogP contribution in [0.5, 0.6) is 0 Å². The predicted molar refractivity (Wildman–Crippen MR) is 135 cm³/mol. The quantitative estimate of drug-likeness (QED) is 0.225. The van der Waals surface area contributed by atoms with Crippen LogP contribution >= 0.6 is 11.3 Å². The van der Waals surface area contributed by atoms with E-state index in [1.165, 1.54) is 4.70 Å². The van der Waals surface area contributed by atoms with Crippen molar-refractivity contribution in [2.45, 2.75) is 0 Å². The lowest BCUT2D eigenvalue weighted by Gasteiger charge is -2.25. The zero-order valence-corrected chi connectivity index (χ0v) is 18.5. The van der Waals surface area contributed by atoms with Gasteiger partial charge in [0.05, 0.1) is 16.4 Å². The van der Waals surface area contributed by atoms with Gasteiger partial charge in [-0.25, -0.2) is 0 Å². The van der Waals surface area contributed by atoms with E-state index < -0.39 is 0 Å². The molecule has 0 unspecified atom stereocenters. The standard InChI is InChI=1S/C27H22N4S/c1-30-25-14-8-9-15-26(25)32-27(30)29-28-20-21-16-18-24(19-17-21)31(22-10-4-2-5-11-22)23-12-6-3-7-13-23/h2-20H,1H3/b28-20+,29-27-. The highest BCUT2D eigenvalue weighted by Crippen LogP contribution is 2.33. The maximum absolute atomic E-state index is 4.43. The Morgan fingerprint density at radius 3 is 1.88 bits per heavy atom. The first-order valence-electron chi connectivity index (χ1n) is 10.4. The van der Waals surface area contributed by atoms with E-state index in [0.717, 1.165) is 32.9 Å². The summed E-state index contributed by atoms with van der Waals surface area (Å²) in [5.41, 5.74) is 5.49. The Labute approximate surface area is 191 Å². The summed E-state index contributed by atoms with van der Waals surface area (Å²) in [7, 11) is 2.02. The highest BCUT2D eigenvalue weighted by atomic mass is 32.1. The minimum Gasteiger partial charge on any atom is -0.318 e. The second kappa shape index (κ2) is 9.04. The van der Waals surface area contributed by atoms with Gasteiger partial charge in [-0.05, 0) is 54.1 Å². The molecule has 4 aromatic carbocycles. The molecular weight excluding hydrogens is 412 g/mol. The van der Waals surface area contributed by atoms with Crippen LogP contribution in [0.2, 0.25) is 0 Å². The van der Waals surface area contributed by atoms with Crippen LogP contribution in [0.25, 0.3) is 10.2 Å². The average Bonchev–Trinajstić information content (AvgIpc) is 3.17. The van der Waals surface area contributed by atoms with E-state index in [-0.39, 0.29) is 0 Å². The van der Waals surface area contributed by atoms with Gasteiger partial charge in [-0.1, -0.05) is 72.0 Å². The number of thiazole rings is 1. The van der Waals surface area contributed by atoms with Gasteiger partial charge in [-0.15, -0.1) is 5.10 Å². The van der Waals surface area contributed by atoms with Gasteiger partial charge in [0.2, 0.25) is 4.80 Å². The third-order valence-corrected chi connectivity index (χ3v) is 6.35. The van der Waals surface area contributed by atoms with Crippen molar-refractivity contribution >= 4 is 44.8 Å². The fourth-order valence-corrected chi connectivity index (χ4v) is 4.61. The molecule has 0 radical (unpaired) electrons. The fraction of sp³-hybridized carbons (Fsp3) is 0.0370. The van der Waals surface area contributed by atoms with Crippen LogP contribution in [0.1, 0.15) is 5.56 Å². The molecule has 0 saturated carbocycles. The van der Waals surface area contributed by atoms with E-state index in [9.17, 15) is 0 Å². The number of aromatic nitrogens is 1. The molecule has 0 aliphatic rings. The number of para-hydroxylation sites is 3. The number of rotatable bonds is 5. The van der Waals surface area contributed by atoms with Crippen LogP contribution in [-0.4, -0.2) is 10.8 Å². The molecule has 32 heavy (non-hydrogen) atoms. The zero-order chi connectivity index (χ0) is 21.8. The molecule has 0 N–H and O–H groups in total. The molecular formula is C27H22N4S. The molecule has 5 aromatic rings. The largest absolute Gasteiger partial charge is 0.318 e. The lowest BCUT2D eigenvalue weighted by Crippen LogP contribution is -2.09. The van der Waals surface area contributed by atoms with Gasteiger partial charge < -0.3 is 9.47 Å². The lowest BCUT2D eigenvalue weighted by molar-refractivity contribution is 0.889. The van der Waals surface area contributed by atoms with Crippen molar-refractivity contribution in [2.75, 3.05) is 4.90 Å². The minimum atomic E-state index is 0.874. The molecule has 0 bridgehead atoms. The van der Waals surface area contributed by atoms with Gasteiger partial charge in [0.15, 0.2) is 0 Å². The number of nitrogens with zero attached hydrogens (tertiary/aromatic N) is 4. The number of aryl methyl sites for hydroxylation is 1. The van der Waals surface area contributed by atoms with Crippen molar-refractivity contribution in [3.8, 4) is 0 Å². The summed E-state index contributed by atoms with van der Waals surface area (Å²) in [4.78, 5) is 3.11. The Hall–Kier alpha value is -3.96. The molecule has 1 heterocycles. The van der Waals surface area contributed by atoms with Crippen LogP contribution in [-0.2, 0) is 7.05 Å². The molecule has 0 aliphatic heterocycles. The molecule has 0 atom stereocenters. The van der Waals surface area contributed by atoms with E-state index in [2.05, 4.69) is 105 Å². The summed E-state index contributed by atoms with van der Waals surface area (Å²) >= 11 is 1.64. The summed E-state index contributed by atoms with van der Waals surface area (Å²) in [6.07, 6.45) is 1.80. The zero-order valence-electron chi connectivity index (χ0n) is 17.7. The third-order valence-electron chi connectivity index (χ3n) is 5.24. The average molecular weight is 435 g/mol. The van der Waals surface area contributed by atoms with Crippen molar-refractivity contribution in [3.05, 3.63) is 120 Å². The Balaban J connectivity index is 1.43. The molecule has 4 nitrogen and oxygen atoms in total. The van der Waals surface area contributed by atoms with Crippen molar-refractivity contribution in [1.29, 1.82) is 0 Å². The highest BCUT2D eigenvalue weighted by Gasteiger charge is 2.11. The van der Waals surface area contributed by atoms with E-state index in [1.54, 1.807) is 17.6 Å². The van der Waals surface area contributed by atoms with E-state index >= 15 is 0 Å². The Morgan fingerprint density at radius 1 is 0.688 bits per heavy atom. The molecule has 0 aliphatic carbocycles. The van der Waals surface area contributed by atoms with Crippen LogP contribution in [0.3, 0.4) is 0 Å². The first-order valence-corrected chi connectivity index (χ1v) is 11.2. The van der Waals surface area contributed by atoms with Gasteiger partial charge in [-0.3, -0.25) is 0 Å². The van der Waals surface area contributed by atoms with E-state index in [0.29, 0.717) is 0 Å². The number of anilines is 3. The number of benzene rings is 4. The number of hydrogen-bond donors (Lipinski definition) is 0. The van der Waals surface area contributed by atoms with Gasteiger partial charge in [-0.2, -0.15) is 5.10 Å². The molecule has 156 valence electrons. The molecule has 5 rings (SSSR count). The van der Waals surface area contributed by atoms with Crippen LogP contribution in [0, 0.1) is 0 Å². The van der Waals surface area contributed by atoms with Crippen LogP contribution in [0.15, 0.2) is 119 Å². The van der Waals surface area contributed by atoms with E-state index in [1.807, 2.05) is 31.3 Å².